The number of nitrogens with one attached hydrogen (secondary N) is 2. The standard InChI is InChI=1S/C16H19FN4O2/c1-19-6-8-20(9-7-19)14-10-15(22)21(16(23)18-14)11-12-2-4-13(17)5-3-12/h2-5,10H,6-9,11H2,1H3,(H,18,23)/p+1. The summed E-state index contributed by atoms with van der Waals surface area (Å²) in [6.07, 6.45) is 0. The number of rotatable bonds is 3. The molecule has 1 saturated heterocycles. The van der Waals surface area contributed by atoms with Crippen molar-refractivity contribution in [2.75, 3.05) is 38.1 Å². The van der Waals surface area contributed by atoms with Crippen molar-refractivity contribution in [1.29, 1.82) is 0 Å². The highest BCUT2D eigenvalue weighted by molar-refractivity contribution is 5.37. The lowest BCUT2D eigenvalue weighted by Gasteiger charge is -2.31. The summed E-state index contributed by atoms with van der Waals surface area (Å²) in [5.41, 5.74) is -0.0857. The highest BCUT2D eigenvalue weighted by Crippen LogP contribution is 2.06. The number of benzene rings is 1. The maximum Gasteiger partial charge on any atom is 0.330 e. The van der Waals surface area contributed by atoms with Gasteiger partial charge >= 0.3 is 5.69 Å². The Morgan fingerprint density at radius 1 is 1.17 bits per heavy atom. The molecule has 1 aromatic carbocycles. The molecule has 3 rings (SSSR count). The number of halogens is 1. The molecular formula is C16H20FN4O2+. The van der Waals surface area contributed by atoms with Crippen molar-refractivity contribution in [3.63, 3.8) is 0 Å². The average molecular weight is 319 g/mol. The van der Waals surface area contributed by atoms with Crippen LogP contribution < -0.4 is 21.0 Å². The van der Waals surface area contributed by atoms with Crippen LogP contribution in [0.2, 0.25) is 0 Å². The molecule has 2 N–H and O–H groups in total. The maximum atomic E-state index is 12.9. The van der Waals surface area contributed by atoms with Crippen LogP contribution in [0.15, 0.2) is 39.9 Å². The summed E-state index contributed by atoms with van der Waals surface area (Å²) in [5.74, 6) is 0.227. The lowest BCUT2D eigenvalue weighted by atomic mass is 10.2. The first-order valence-electron chi connectivity index (χ1n) is 7.68. The number of hydrogen-bond donors (Lipinski definition) is 2. The zero-order valence-corrected chi connectivity index (χ0v) is 13.0. The second-order valence-electron chi connectivity index (χ2n) is 5.95. The van der Waals surface area contributed by atoms with Crippen molar-refractivity contribution in [3.05, 3.63) is 62.6 Å². The second kappa shape index (κ2) is 6.37. The number of anilines is 1. The Morgan fingerprint density at radius 3 is 2.43 bits per heavy atom. The van der Waals surface area contributed by atoms with E-state index in [4.69, 9.17) is 0 Å². The Balaban J connectivity index is 1.84. The highest BCUT2D eigenvalue weighted by Gasteiger charge is 2.18. The molecule has 1 fully saturated rings. The Morgan fingerprint density at radius 2 is 1.83 bits per heavy atom. The van der Waals surface area contributed by atoms with Gasteiger partial charge in [0, 0.05) is 6.07 Å². The lowest BCUT2D eigenvalue weighted by Crippen LogP contribution is -3.12. The fraction of sp³-hybridized carbons (Fsp3) is 0.375. The third kappa shape index (κ3) is 3.50. The van der Waals surface area contributed by atoms with Gasteiger partial charge in [0.2, 0.25) is 0 Å². The van der Waals surface area contributed by atoms with Crippen LogP contribution in [0.1, 0.15) is 5.56 Å². The van der Waals surface area contributed by atoms with Crippen LogP contribution in [0.3, 0.4) is 0 Å². The van der Waals surface area contributed by atoms with Gasteiger partial charge in [0.25, 0.3) is 5.56 Å². The van der Waals surface area contributed by atoms with Gasteiger partial charge in [0.1, 0.15) is 11.6 Å². The van der Waals surface area contributed by atoms with E-state index in [-0.39, 0.29) is 17.9 Å². The number of hydrogen-bond acceptors (Lipinski definition) is 3. The number of H-pyrrole nitrogens is 1. The Bertz CT molecular complexity index is 758. The van der Waals surface area contributed by atoms with E-state index in [1.54, 1.807) is 12.1 Å². The van der Waals surface area contributed by atoms with Gasteiger partial charge in [0.15, 0.2) is 0 Å². The van der Waals surface area contributed by atoms with Crippen molar-refractivity contribution in [2.45, 2.75) is 6.54 Å². The van der Waals surface area contributed by atoms with E-state index >= 15 is 0 Å². The molecule has 1 aromatic heterocycles. The van der Waals surface area contributed by atoms with E-state index in [0.717, 1.165) is 30.7 Å². The molecular weight excluding hydrogens is 299 g/mol. The number of nitrogens with zero attached hydrogens (tertiary/aromatic N) is 2. The fourth-order valence-electron chi connectivity index (χ4n) is 2.73. The van der Waals surface area contributed by atoms with Crippen molar-refractivity contribution in [1.82, 2.24) is 9.55 Å². The van der Waals surface area contributed by atoms with Crippen molar-refractivity contribution in [3.8, 4) is 0 Å². The summed E-state index contributed by atoms with van der Waals surface area (Å²) in [6.45, 7) is 3.69. The maximum absolute atomic E-state index is 12.9. The van der Waals surface area contributed by atoms with Crippen LogP contribution in [-0.4, -0.2) is 42.8 Å². The molecule has 0 spiro atoms. The van der Waals surface area contributed by atoms with Crippen molar-refractivity contribution in [2.24, 2.45) is 0 Å². The van der Waals surface area contributed by atoms with Gasteiger partial charge in [-0.3, -0.25) is 14.3 Å². The Kier molecular flexibility index (Phi) is 4.29. The summed E-state index contributed by atoms with van der Waals surface area (Å²) >= 11 is 0. The van der Waals surface area contributed by atoms with Gasteiger partial charge < -0.3 is 9.80 Å². The zero-order chi connectivity index (χ0) is 16.4. The molecule has 0 bridgehead atoms. The minimum atomic E-state index is -0.442. The third-order valence-corrected chi connectivity index (χ3v) is 4.22. The first kappa shape index (κ1) is 15.5. The monoisotopic (exact) mass is 319 g/mol. The van der Waals surface area contributed by atoms with Gasteiger partial charge in [0.05, 0.1) is 39.8 Å². The van der Waals surface area contributed by atoms with E-state index < -0.39 is 5.69 Å². The first-order valence-corrected chi connectivity index (χ1v) is 7.68. The summed E-state index contributed by atoms with van der Waals surface area (Å²) in [6, 6.07) is 7.23. The molecule has 1 aliphatic rings. The number of piperazine rings is 1. The molecule has 7 heteroatoms. The molecule has 2 heterocycles. The minimum Gasteiger partial charge on any atom is -0.347 e. The topological polar surface area (TPSA) is 62.5 Å². The molecule has 0 unspecified atom stereocenters. The quantitative estimate of drug-likeness (QED) is 0.767. The van der Waals surface area contributed by atoms with Gasteiger partial charge in [-0.15, -0.1) is 0 Å². The molecule has 122 valence electrons. The van der Waals surface area contributed by atoms with Crippen LogP contribution in [0.25, 0.3) is 0 Å². The molecule has 1 aliphatic heterocycles. The molecule has 0 saturated carbocycles. The van der Waals surface area contributed by atoms with Crippen LogP contribution >= 0.6 is 0 Å². The third-order valence-electron chi connectivity index (χ3n) is 4.22. The number of likely N-dealkylation sites (N-methyl/N-ethyl adjacent to an activating group) is 1. The van der Waals surface area contributed by atoms with Crippen molar-refractivity contribution >= 4 is 5.82 Å². The largest absolute Gasteiger partial charge is 0.347 e. The van der Waals surface area contributed by atoms with Crippen molar-refractivity contribution < 1.29 is 9.29 Å². The summed E-state index contributed by atoms with van der Waals surface area (Å²) in [5, 5.41) is 0. The second-order valence-corrected chi connectivity index (χ2v) is 5.95. The van der Waals surface area contributed by atoms with E-state index in [0.29, 0.717) is 11.4 Å². The summed E-state index contributed by atoms with van der Waals surface area (Å²) in [4.78, 5) is 30.8. The van der Waals surface area contributed by atoms with Crippen LogP contribution in [0.4, 0.5) is 10.2 Å². The molecule has 0 aliphatic carbocycles. The zero-order valence-electron chi connectivity index (χ0n) is 13.0. The summed E-state index contributed by atoms with van der Waals surface area (Å²) < 4.78 is 14.0. The smallest absolute Gasteiger partial charge is 0.330 e. The average Bonchev–Trinajstić information content (AvgIpc) is 2.53. The van der Waals surface area contributed by atoms with Gasteiger partial charge in [-0.1, -0.05) is 12.1 Å². The number of aromatic amines is 1. The SMILES string of the molecule is C[NH+]1CCN(c2cc(=O)n(Cc3ccc(F)cc3)c(=O)[nH]2)CC1. The van der Waals surface area contributed by atoms with Gasteiger partial charge in [-0.2, -0.15) is 0 Å². The lowest BCUT2D eigenvalue weighted by molar-refractivity contribution is -0.880. The van der Waals surface area contributed by atoms with Crippen LogP contribution in [0, 0.1) is 5.82 Å². The highest BCUT2D eigenvalue weighted by atomic mass is 19.1. The van der Waals surface area contributed by atoms with Gasteiger partial charge in [-0.05, 0) is 17.7 Å². The van der Waals surface area contributed by atoms with Crippen LogP contribution in [0.5, 0.6) is 0 Å². The summed E-state index contributed by atoms with van der Waals surface area (Å²) in [7, 11) is 2.13. The number of quaternary nitrogens is 1. The molecule has 6 nitrogen and oxygen atoms in total. The minimum absolute atomic E-state index is 0.127. The van der Waals surface area contributed by atoms with E-state index in [9.17, 15) is 14.0 Å². The van der Waals surface area contributed by atoms with E-state index in [1.165, 1.54) is 23.1 Å². The molecule has 0 atom stereocenters. The molecule has 0 radical (unpaired) electrons. The fourth-order valence-corrected chi connectivity index (χ4v) is 2.73. The van der Waals surface area contributed by atoms with Gasteiger partial charge in [-0.25, -0.2) is 9.18 Å². The predicted octanol–water partition coefficient (Wildman–Crippen LogP) is -0.941. The predicted molar refractivity (Wildman–Crippen MR) is 85.7 cm³/mol. The van der Waals surface area contributed by atoms with Crippen LogP contribution in [-0.2, 0) is 6.54 Å². The Labute approximate surface area is 132 Å². The number of aromatic nitrogens is 2. The van der Waals surface area contributed by atoms with E-state index in [1.807, 2.05) is 4.90 Å². The van der Waals surface area contributed by atoms with E-state index in [2.05, 4.69) is 12.0 Å². The molecule has 0 amide bonds. The Hall–Kier alpha value is -2.41. The molecule has 23 heavy (non-hydrogen) atoms. The first-order chi connectivity index (χ1) is 11.0. The normalized spacial score (nSPS) is 15.8. The molecule has 2 aromatic rings.